The van der Waals surface area contributed by atoms with Crippen molar-refractivity contribution in [2.24, 2.45) is 0 Å². The zero-order chi connectivity index (χ0) is 20.8. The standard InChI is InChI=1S/C23H17N5OS/c24-12-14-26-23(29)19-6-1-2-7-22(19)30-17-9-10-18-20(27-28-21(18)15-17)11-8-16-5-3-4-13-25-16/h1-11,13,15H,14H2,(H,26,29)(H,27,28). The first-order valence-corrected chi connectivity index (χ1v) is 10.1. The Balaban J connectivity index is 1.57. The van der Waals surface area contributed by atoms with E-state index >= 15 is 0 Å². The molecule has 0 radical (unpaired) electrons. The maximum atomic E-state index is 12.3. The molecule has 0 aliphatic heterocycles. The third kappa shape index (κ3) is 4.40. The van der Waals surface area contributed by atoms with Gasteiger partial charge in [0.15, 0.2) is 0 Å². The maximum Gasteiger partial charge on any atom is 0.253 e. The number of H-pyrrole nitrogens is 1. The average Bonchev–Trinajstić information content (AvgIpc) is 3.19. The highest BCUT2D eigenvalue weighted by Gasteiger charge is 2.12. The van der Waals surface area contributed by atoms with E-state index in [1.54, 1.807) is 12.3 Å². The number of benzene rings is 2. The molecule has 0 atom stereocenters. The Hall–Kier alpha value is -3.89. The highest BCUT2D eigenvalue weighted by molar-refractivity contribution is 7.99. The number of amides is 1. The number of carbonyl (C=O) groups is 1. The molecule has 0 unspecified atom stereocenters. The molecule has 4 rings (SSSR count). The smallest absolute Gasteiger partial charge is 0.253 e. The third-order valence-electron chi connectivity index (χ3n) is 4.35. The van der Waals surface area contributed by atoms with E-state index in [-0.39, 0.29) is 12.5 Å². The summed E-state index contributed by atoms with van der Waals surface area (Å²) in [5.41, 5.74) is 3.16. The molecule has 2 aromatic carbocycles. The SMILES string of the molecule is N#CCNC(=O)c1ccccc1Sc1ccc2c(C=Cc3ccccn3)n[nH]c2c1. The van der Waals surface area contributed by atoms with Crippen molar-refractivity contribution in [3.05, 3.63) is 83.8 Å². The molecule has 0 fully saturated rings. The summed E-state index contributed by atoms with van der Waals surface area (Å²) in [5, 5.41) is 19.7. The lowest BCUT2D eigenvalue weighted by molar-refractivity contribution is 0.0955. The van der Waals surface area contributed by atoms with Crippen LogP contribution in [0, 0.1) is 11.3 Å². The quantitative estimate of drug-likeness (QED) is 0.455. The predicted octanol–water partition coefficient (Wildman–Crippen LogP) is 4.53. The fourth-order valence-corrected chi connectivity index (χ4v) is 3.92. The number of aromatic amines is 1. The molecule has 0 saturated carbocycles. The average molecular weight is 411 g/mol. The van der Waals surface area contributed by atoms with Crippen LogP contribution in [0.5, 0.6) is 0 Å². The van der Waals surface area contributed by atoms with Crippen LogP contribution in [-0.2, 0) is 0 Å². The monoisotopic (exact) mass is 411 g/mol. The van der Waals surface area contributed by atoms with Crippen LogP contribution < -0.4 is 5.32 Å². The van der Waals surface area contributed by atoms with Crippen LogP contribution in [0.1, 0.15) is 21.7 Å². The minimum absolute atomic E-state index is 0.0211. The predicted molar refractivity (Wildman–Crippen MR) is 118 cm³/mol. The summed E-state index contributed by atoms with van der Waals surface area (Å²) >= 11 is 1.49. The molecule has 1 amide bonds. The van der Waals surface area contributed by atoms with E-state index in [0.29, 0.717) is 5.56 Å². The molecule has 0 spiro atoms. The molecule has 6 nitrogen and oxygen atoms in total. The van der Waals surface area contributed by atoms with Gasteiger partial charge in [-0.05, 0) is 54.6 Å². The van der Waals surface area contributed by atoms with Crippen LogP contribution >= 0.6 is 11.8 Å². The molecule has 2 N–H and O–H groups in total. The lowest BCUT2D eigenvalue weighted by Crippen LogP contribution is -2.23. The van der Waals surface area contributed by atoms with Crippen LogP contribution in [-0.4, -0.2) is 27.6 Å². The molecule has 7 heteroatoms. The Kier molecular flexibility index (Phi) is 5.88. The largest absolute Gasteiger partial charge is 0.339 e. The first-order chi connectivity index (χ1) is 14.7. The summed E-state index contributed by atoms with van der Waals surface area (Å²) in [6.07, 6.45) is 5.61. The van der Waals surface area contributed by atoms with E-state index in [1.807, 2.05) is 72.8 Å². The number of aromatic nitrogens is 3. The van der Waals surface area contributed by atoms with Crippen LogP contribution in [0.15, 0.2) is 76.7 Å². The van der Waals surface area contributed by atoms with Gasteiger partial charge >= 0.3 is 0 Å². The lowest BCUT2D eigenvalue weighted by atomic mass is 10.2. The Morgan fingerprint density at radius 2 is 2.00 bits per heavy atom. The van der Waals surface area contributed by atoms with Crippen molar-refractivity contribution in [2.45, 2.75) is 9.79 Å². The summed E-state index contributed by atoms with van der Waals surface area (Å²) in [7, 11) is 0. The molecule has 4 aromatic rings. The first-order valence-electron chi connectivity index (χ1n) is 9.24. The molecule has 0 aliphatic carbocycles. The van der Waals surface area contributed by atoms with Gasteiger partial charge in [0.25, 0.3) is 5.91 Å². The van der Waals surface area contributed by atoms with E-state index in [9.17, 15) is 4.79 Å². The van der Waals surface area contributed by atoms with Crippen LogP contribution in [0.2, 0.25) is 0 Å². The Bertz CT molecular complexity index is 1260. The van der Waals surface area contributed by atoms with Gasteiger partial charge in [-0.25, -0.2) is 0 Å². The topological polar surface area (TPSA) is 94.5 Å². The normalized spacial score (nSPS) is 10.9. The van der Waals surface area contributed by atoms with E-state index < -0.39 is 0 Å². The number of fused-ring (bicyclic) bond motifs is 1. The minimum atomic E-state index is -0.260. The van der Waals surface area contributed by atoms with Crippen molar-refractivity contribution in [2.75, 3.05) is 6.54 Å². The van der Waals surface area contributed by atoms with E-state index in [1.165, 1.54) is 11.8 Å². The highest BCUT2D eigenvalue weighted by Crippen LogP contribution is 2.32. The van der Waals surface area contributed by atoms with Crippen molar-refractivity contribution in [3.8, 4) is 6.07 Å². The van der Waals surface area contributed by atoms with Gasteiger partial charge in [-0.15, -0.1) is 0 Å². The van der Waals surface area contributed by atoms with Gasteiger partial charge in [-0.2, -0.15) is 10.4 Å². The van der Waals surface area contributed by atoms with E-state index in [0.717, 1.165) is 32.1 Å². The number of hydrogen-bond acceptors (Lipinski definition) is 5. The van der Waals surface area contributed by atoms with Gasteiger partial charge in [0.1, 0.15) is 6.54 Å². The summed E-state index contributed by atoms with van der Waals surface area (Å²) < 4.78 is 0. The van der Waals surface area contributed by atoms with Gasteiger partial charge in [-0.3, -0.25) is 14.9 Å². The number of nitrogens with one attached hydrogen (secondary N) is 2. The lowest BCUT2D eigenvalue weighted by Gasteiger charge is -2.08. The second kappa shape index (κ2) is 9.07. The number of nitriles is 1. The summed E-state index contributed by atoms with van der Waals surface area (Å²) in [4.78, 5) is 18.4. The number of rotatable bonds is 6. The Morgan fingerprint density at radius 3 is 2.83 bits per heavy atom. The van der Waals surface area contributed by atoms with E-state index in [2.05, 4.69) is 20.5 Å². The van der Waals surface area contributed by atoms with Gasteiger partial charge in [0.2, 0.25) is 0 Å². The molecule has 30 heavy (non-hydrogen) atoms. The van der Waals surface area contributed by atoms with Crippen molar-refractivity contribution >= 4 is 40.7 Å². The zero-order valence-corrected chi connectivity index (χ0v) is 16.7. The van der Waals surface area contributed by atoms with Gasteiger partial charge in [0.05, 0.1) is 28.5 Å². The molecule has 0 saturated heterocycles. The summed E-state index contributed by atoms with van der Waals surface area (Å²) in [6.45, 7) is -0.0211. The summed E-state index contributed by atoms with van der Waals surface area (Å²) in [6, 6.07) is 21.0. The number of nitrogens with zero attached hydrogens (tertiary/aromatic N) is 3. The van der Waals surface area contributed by atoms with Crippen molar-refractivity contribution in [3.63, 3.8) is 0 Å². The Labute approximate surface area is 177 Å². The third-order valence-corrected chi connectivity index (χ3v) is 5.42. The molecule has 0 bridgehead atoms. The highest BCUT2D eigenvalue weighted by atomic mass is 32.2. The van der Waals surface area contributed by atoms with Crippen LogP contribution in [0.25, 0.3) is 23.1 Å². The zero-order valence-electron chi connectivity index (χ0n) is 15.9. The fourth-order valence-electron chi connectivity index (χ4n) is 2.93. The molecule has 2 aromatic heterocycles. The fraction of sp³-hybridized carbons (Fsp3) is 0.0435. The number of hydrogen-bond donors (Lipinski definition) is 2. The molecular formula is C23H17N5OS. The van der Waals surface area contributed by atoms with Crippen LogP contribution in [0.3, 0.4) is 0 Å². The molecule has 0 aliphatic rings. The Morgan fingerprint density at radius 1 is 1.13 bits per heavy atom. The number of pyridine rings is 1. The second-order valence-electron chi connectivity index (χ2n) is 6.34. The second-order valence-corrected chi connectivity index (χ2v) is 7.46. The van der Waals surface area contributed by atoms with Crippen molar-refractivity contribution in [1.29, 1.82) is 5.26 Å². The van der Waals surface area contributed by atoms with Crippen molar-refractivity contribution < 1.29 is 4.79 Å². The number of carbonyl (C=O) groups excluding carboxylic acids is 1. The summed E-state index contributed by atoms with van der Waals surface area (Å²) in [5.74, 6) is -0.260. The maximum absolute atomic E-state index is 12.3. The minimum Gasteiger partial charge on any atom is -0.339 e. The molecule has 2 heterocycles. The van der Waals surface area contributed by atoms with Gasteiger partial charge in [0, 0.05) is 21.4 Å². The van der Waals surface area contributed by atoms with E-state index in [4.69, 9.17) is 5.26 Å². The molecule has 146 valence electrons. The first kappa shape index (κ1) is 19.4. The molecular weight excluding hydrogens is 394 g/mol. The van der Waals surface area contributed by atoms with Crippen LogP contribution in [0.4, 0.5) is 0 Å². The van der Waals surface area contributed by atoms with Crippen molar-refractivity contribution in [1.82, 2.24) is 20.5 Å². The van der Waals surface area contributed by atoms with Gasteiger partial charge < -0.3 is 5.32 Å². The van der Waals surface area contributed by atoms with Gasteiger partial charge in [-0.1, -0.05) is 30.0 Å².